The maximum absolute atomic E-state index is 12.8. The lowest BCUT2D eigenvalue weighted by atomic mass is 10.2. The molecule has 0 aliphatic heterocycles. The largest absolute Gasteiger partial charge is 0.486 e. The third-order valence-electron chi connectivity index (χ3n) is 3.92. The fourth-order valence-electron chi connectivity index (χ4n) is 2.49. The lowest BCUT2D eigenvalue weighted by Crippen LogP contribution is -2.08. The van der Waals surface area contributed by atoms with Gasteiger partial charge in [0, 0.05) is 17.3 Å². The minimum absolute atomic E-state index is 0.0314. The van der Waals surface area contributed by atoms with Crippen LogP contribution < -0.4 is 4.74 Å². The highest BCUT2D eigenvalue weighted by Crippen LogP contribution is 2.31. The van der Waals surface area contributed by atoms with E-state index in [1.165, 1.54) is 23.9 Å². The SMILES string of the molecule is CCn1c(COc2cccc(C(F)(F)F)c2)nnc1SCc1ccc(Cl)cc1. The van der Waals surface area contributed by atoms with Gasteiger partial charge in [0.05, 0.1) is 5.56 Å². The van der Waals surface area contributed by atoms with Gasteiger partial charge < -0.3 is 9.30 Å². The number of alkyl halides is 3. The second kappa shape index (κ2) is 8.87. The van der Waals surface area contributed by atoms with Crippen molar-refractivity contribution in [1.29, 1.82) is 0 Å². The molecule has 0 saturated heterocycles. The highest BCUT2D eigenvalue weighted by atomic mass is 35.5. The second-order valence-corrected chi connectivity index (χ2v) is 7.25. The zero-order chi connectivity index (χ0) is 20.1. The summed E-state index contributed by atoms with van der Waals surface area (Å²) in [5.41, 5.74) is 0.350. The molecule has 3 aromatic rings. The molecule has 0 amide bonds. The Morgan fingerprint density at radius 3 is 2.54 bits per heavy atom. The number of ether oxygens (including phenoxy) is 1. The predicted octanol–water partition coefficient (Wildman–Crippen LogP) is 5.84. The van der Waals surface area contributed by atoms with Crippen molar-refractivity contribution in [3.8, 4) is 5.75 Å². The fourth-order valence-corrected chi connectivity index (χ4v) is 3.59. The Balaban J connectivity index is 1.66. The summed E-state index contributed by atoms with van der Waals surface area (Å²) in [6, 6.07) is 12.3. The standard InChI is InChI=1S/C19H17ClF3N3OS/c1-2-26-17(11-27-16-5-3-4-14(10-16)19(21,22)23)24-25-18(26)28-12-13-6-8-15(20)9-7-13/h3-10H,2,11-12H2,1H3. The first-order valence-corrected chi connectivity index (χ1v) is 9.82. The van der Waals surface area contributed by atoms with Crippen molar-refractivity contribution in [3.63, 3.8) is 0 Å². The van der Waals surface area contributed by atoms with Gasteiger partial charge >= 0.3 is 6.18 Å². The molecule has 3 rings (SSSR count). The summed E-state index contributed by atoms with van der Waals surface area (Å²) in [6.45, 7) is 2.60. The molecule has 0 fully saturated rings. The van der Waals surface area contributed by atoms with E-state index in [0.717, 1.165) is 22.9 Å². The molecule has 1 heterocycles. The molecule has 0 N–H and O–H groups in total. The van der Waals surface area contributed by atoms with Gasteiger partial charge in [-0.3, -0.25) is 0 Å². The van der Waals surface area contributed by atoms with Crippen LogP contribution in [0.25, 0.3) is 0 Å². The summed E-state index contributed by atoms with van der Waals surface area (Å²) in [6.07, 6.45) is -4.41. The zero-order valence-electron chi connectivity index (χ0n) is 14.9. The fraction of sp³-hybridized carbons (Fsp3) is 0.263. The van der Waals surface area contributed by atoms with Crippen molar-refractivity contribution >= 4 is 23.4 Å². The van der Waals surface area contributed by atoms with Crippen molar-refractivity contribution in [2.24, 2.45) is 0 Å². The molecule has 0 spiro atoms. The van der Waals surface area contributed by atoms with Crippen molar-refractivity contribution in [3.05, 3.63) is 70.5 Å². The molecule has 4 nitrogen and oxygen atoms in total. The van der Waals surface area contributed by atoms with Gasteiger partial charge in [0.2, 0.25) is 0 Å². The Hall–Kier alpha value is -2.19. The van der Waals surface area contributed by atoms with Gasteiger partial charge in [-0.1, -0.05) is 41.6 Å². The smallest absolute Gasteiger partial charge is 0.416 e. The van der Waals surface area contributed by atoms with E-state index in [4.69, 9.17) is 16.3 Å². The Morgan fingerprint density at radius 1 is 1.11 bits per heavy atom. The number of halogens is 4. The summed E-state index contributed by atoms with van der Waals surface area (Å²) in [7, 11) is 0. The van der Waals surface area contributed by atoms with Crippen LogP contribution in [0.4, 0.5) is 13.2 Å². The molecule has 0 atom stereocenters. The van der Waals surface area contributed by atoms with E-state index in [-0.39, 0.29) is 12.4 Å². The maximum Gasteiger partial charge on any atom is 0.416 e. The quantitative estimate of drug-likeness (QED) is 0.444. The summed E-state index contributed by atoms with van der Waals surface area (Å²) >= 11 is 7.41. The van der Waals surface area contributed by atoms with E-state index in [1.807, 2.05) is 35.8 Å². The van der Waals surface area contributed by atoms with Crippen molar-refractivity contribution in [2.75, 3.05) is 0 Å². The van der Waals surface area contributed by atoms with Gasteiger partial charge in [0.1, 0.15) is 12.4 Å². The topological polar surface area (TPSA) is 39.9 Å². The predicted molar refractivity (Wildman–Crippen MR) is 102 cm³/mol. The van der Waals surface area contributed by atoms with Gasteiger partial charge in [0.25, 0.3) is 0 Å². The minimum Gasteiger partial charge on any atom is -0.486 e. The van der Waals surface area contributed by atoms with E-state index in [0.29, 0.717) is 23.1 Å². The monoisotopic (exact) mass is 427 g/mol. The van der Waals surface area contributed by atoms with Gasteiger partial charge in [-0.2, -0.15) is 13.2 Å². The number of hydrogen-bond acceptors (Lipinski definition) is 4. The summed E-state index contributed by atoms with van der Waals surface area (Å²) in [4.78, 5) is 0. The molecule has 0 saturated carbocycles. The number of benzene rings is 2. The molecule has 9 heteroatoms. The number of hydrogen-bond donors (Lipinski definition) is 0. The number of thioether (sulfide) groups is 1. The molecule has 0 bridgehead atoms. The molecule has 2 aromatic carbocycles. The van der Waals surface area contributed by atoms with Crippen LogP contribution in [-0.2, 0) is 25.1 Å². The van der Waals surface area contributed by atoms with Crippen molar-refractivity contribution in [1.82, 2.24) is 14.8 Å². The third-order valence-corrected chi connectivity index (χ3v) is 5.21. The van der Waals surface area contributed by atoms with Crippen molar-refractivity contribution < 1.29 is 17.9 Å². The molecule has 28 heavy (non-hydrogen) atoms. The van der Waals surface area contributed by atoms with Gasteiger partial charge in [-0.25, -0.2) is 0 Å². The molecular weight excluding hydrogens is 411 g/mol. The van der Waals surface area contributed by atoms with E-state index in [1.54, 1.807) is 0 Å². The Kier molecular flexibility index (Phi) is 6.51. The number of aromatic nitrogens is 3. The van der Waals surface area contributed by atoms with Crippen LogP contribution in [-0.4, -0.2) is 14.8 Å². The maximum atomic E-state index is 12.8. The number of nitrogens with zero attached hydrogens (tertiary/aromatic N) is 3. The average Bonchev–Trinajstić information content (AvgIpc) is 3.07. The molecule has 148 valence electrons. The first kappa shape index (κ1) is 20.5. The summed E-state index contributed by atoms with van der Waals surface area (Å²) in [5, 5.41) is 9.70. The van der Waals surface area contributed by atoms with E-state index < -0.39 is 11.7 Å². The lowest BCUT2D eigenvalue weighted by molar-refractivity contribution is -0.137. The van der Waals surface area contributed by atoms with Crippen LogP contribution in [0, 0.1) is 0 Å². The molecule has 0 unspecified atom stereocenters. The second-order valence-electron chi connectivity index (χ2n) is 5.87. The average molecular weight is 428 g/mol. The Labute approximate surface area is 169 Å². The lowest BCUT2D eigenvalue weighted by Gasteiger charge is -2.11. The zero-order valence-corrected chi connectivity index (χ0v) is 16.5. The molecular formula is C19H17ClF3N3OS. The minimum atomic E-state index is -4.41. The van der Waals surface area contributed by atoms with Crippen LogP contribution in [0.3, 0.4) is 0 Å². The molecule has 0 aliphatic carbocycles. The molecule has 0 radical (unpaired) electrons. The first-order chi connectivity index (χ1) is 13.4. The van der Waals surface area contributed by atoms with Gasteiger partial charge in [-0.15, -0.1) is 10.2 Å². The normalized spacial score (nSPS) is 11.6. The van der Waals surface area contributed by atoms with Crippen LogP contribution in [0.2, 0.25) is 5.02 Å². The van der Waals surface area contributed by atoms with E-state index in [9.17, 15) is 13.2 Å². The van der Waals surface area contributed by atoms with Crippen LogP contribution in [0.5, 0.6) is 5.75 Å². The van der Waals surface area contributed by atoms with Crippen molar-refractivity contribution in [2.45, 2.75) is 37.2 Å². The summed E-state index contributed by atoms with van der Waals surface area (Å²) in [5.74, 6) is 1.39. The first-order valence-electron chi connectivity index (χ1n) is 8.46. The molecule has 1 aromatic heterocycles. The number of rotatable bonds is 7. The third kappa shape index (κ3) is 5.20. The van der Waals surface area contributed by atoms with Crippen LogP contribution in [0.15, 0.2) is 53.7 Å². The van der Waals surface area contributed by atoms with Gasteiger partial charge in [0.15, 0.2) is 11.0 Å². The van der Waals surface area contributed by atoms with Crippen LogP contribution in [0.1, 0.15) is 23.9 Å². The van der Waals surface area contributed by atoms with E-state index >= 15 is 0 Å². The highest BCUT2D eigenvalue weighted by molar-refractivity contribution is 7.98. The Bertz CT molecular complexity index is 929. The van der Waals surface area contributed by atoms with Gasteiger partial charge in [-0.05, 0) is 42.8 Å². The summed E-state index contributed by atoms with van der Waals surface area (Å²) < 4.78 is 45.8. The van der Waals surface area contributed by atoms with E-state index in [2.05, 4.69) is 10.2 Å². The van der Waals surface area contributed by atoms with Crippen LogP contribution >= 0.6 is 23.4 Å². The molecule has 0 aliphatic rings. The Morgan fingerprint density at radius 2 is 1.86 bits per heavy atom. The highest BCUT2D eigenvalue weighted by Gasteiger charge is 2.30.